The average Bonchev–Trinajstić information content (AvgIpc) is 2.88. The molecule has 3 rings (SSSR count). The Morgan fingerprint density at radius 2 is 2.11 bits per heavy atom. The molecule has 1 unspecified atom stereocenters. The molecule has 98 valence electrons. The summed E-state index contributed by atoms with van der Waals surface area (Å²) in [4.78, 5) is 9.22. The normalized spacial score (nSPS) is 21.8. The van der Waals surface area contributed by atoms with Crippen molar-refractivity contribution >= 4 is 0 Å². The molecule has 1 saturated carbocycles. The molecule has 1 aromatic rings. The molecule has 1 atom stereocenters. The second-order valence-electron chi connectivity index (χ2n) is 5.36. The lowest BCUT2D eigenvalue weighted by Gasteiger charge is -2.28. The highest BCUT2D eigenvalue weighted by Gasteiger charge is 2.28. The lowest BCUT2D eigenvalue weighted by atomic mass is 9.85. The van der Waals surface area contributed by atoms with Gasteiger partial charge in [-0.05, 0) is 18.8 Å². The second kappa shape index (κ2) is 5.33. The van der Waals surface area contributed by atoms with Gasteiger partial charge in [-0.25, -0.2) is 9.97 Å². The summed E-state index contributed by atoms with van der Waals surface area (Å²) in [5, 5.41) is 3.31. The van der Waals surface area contributed by atoms with E-state index in [1.54, 1.807) is 7.11 Å². The summed E-state index contributed by atoms with van der Waals surface area (Å²) in [5.74, 6) is 1.48. The molecule has 0 aromatic carbocycles. The Morgan fingerprint density at radius 3 is 2.89 bits per heavy atom. The highest BCUT2D eigenvalue weighted by Crippen LogP contribution is 2.35. The predicted molar refractivity (Wildman–Crippen MR) is 68.9 cm³/mol. The van der Waals surface area contributed by atoms with E-state index < -0.39 is 0 Å². The number of ether oxygens (including phenoxy) is 1. The van der Waals surface area contributed by atoms with Crippen LogP contribution in [0.4, 0.5) is 0 Å². The molecule has 1 N–H and O–H groups in total. The van der Waals surface area contributed by atoms with Crippen LogP contribution >= 0.6 is 0 Å². The van der Waals surface area contributed by atoms with Crippen molar-refractivity contribution in [1.82, 2.24) is 15.3 Å². The number of nitrogens with zero attached hydrogens (tertiary/aromatic N) is 2. The molecule has 1 fully saturated rings. The summed E-state index contributed by atoms with van der Waals surface area (Å²) in [6, 6.07) is 0. The Hall–Kier alpha value is -1.00. The number of rotatable bonds is 3. The maximum Gasteiger partial charge on any atom is 0.157 e. The topological polar surface area (TPSA) is 47.0 Å². The number of hydrogen-bond donors (Lipinski definition) is 1. The van der Waals surface area contributed by atoms with Gasteiger partial charge in [0.2, 0.25) is 0 Å². The molecule has 0 saturated heterocycles. The molecule has 0 bridgehead atoms. The number of fused-ring (bicyclic) bond motifs is 1. The first kappa shape index (κ1) is 12.1. The maximum absolute atomic E-state index is 5.69. The van der Waals surface area contributed by atoms with Gasteiger partial charge in [0.25, 0.3) is 0 Å². The third kappa shape index (κ3) is 2.27. The van der Waals surface area contributed by atoms with Crippen molar-refractivity contribution < 1.29 is 4.74 Å². The minimum atomic E-state index is 0.0798. The molecular weight excluding hydrogens is 226 g/mol. The molecule has 18 heavy (non-hydrogen) atoms. The van der Waals surface area contributed by atoms with E-state index in [9.17, 15) is 0 Å². The molecule has 2 aliphatic rings. The van der Waals surface area contributed by atoms with Crippen LogP contribution in [0.5, 0.6) is 0 Å². The van der Waals surface area contributed by atoms with E-state index >= 15 is 0 Å². The van der Waals surface area contributed by atoms with Crippen molar-refractivity contribution in [3.8, 4) is 0 Å². The number of hydrogen-bond acceptors (Lipinski definition) is 4. The molecule has 1 aliphatic carbocycles. The van der Waals surface area contributed by atoms with Crippen LogP contribution in [-0.2, 0) is 17.8 Å². The summed E-state index contributed by atoms with van der Waals surface area (Å²) >= 11 is 0. The Kier molecular flexibility index (Phi) is 3.57. The number of aromatic nitrogens is 2. The fourth-order valence-electron chi connectivity index (χ4n) is 3.16. The van der Waals surface area contributed by atoms with Gasteiger partial charge in [-0.1, -0.05) is 19.3 Å². The minimum Gasteiger partial charge on any atom is -0.373 e. The van der Waals surface area contributed by atoms with Gasteiger partial charge in [0.05, 0.1) is 5.69 Å². The zero-order chi connectivity index (χ0) is 12.4. The molecule has 4 nitrogen and oxygen atoms in total. The molecule has 1 aliphatic heterocycles. The van der Waals surface area contributed by atoms with Crippen LogP contribution in [-0.4, -0.2) is 17.1 Å². The molecule has 1 aromatic heterocycles. The quantitative estimate of drug-likeness (QED) is 0.890. The van der Waals surface area contributed by atoms with Crippen LogP contribution in [0.15, 0.2) is 6.20 Å². The van der Waals surface area contributed by atoms with Crippen molar-refractivity contribution in [1.29, 1.82) is 0 Å². The van der Waals surface area contributed by atoms with Crippen LogP contribution in [0.2, 0.25) is 0 Å². The summed E-state index contributed by atoms with van der Waals surface area (Å²) in [6.07, 6.45) is 8.54. The van der Waals surface area contributed by atoms with Crippen LogP contribution in [0, 0.1) is 5.92 Å². The average molecular weight is 247 g/mol. The SMILES string of the molecule is COC(c1ncc2c(n1)CNC2)C1CCCCC1. The third-order valence-corrected chi connectivity index (χ3v) is 4.17. The predicted octanol–water partition coefficient (Wildman–Crippen LogP) is 2.35. The minimum absolute atomic E-state index is 0.0798. The number of nitrogens with one attached hydrogen (secondary N) is 1. The summed E-state index contributed by atoms with van der Waals surface area (Å²) in [5.41, 5.74) is 2.38. The molecular formula is C14H21N3O. The van der Waals surface area contributed by atoms with Crippen molar-refractivity contribution in [3.05, 3.63) is 23.3 Å². The van der Waals surface area contributed by atoms with Crippen LogP contribution in [0.1, 0.15) is 55.3 Å². The first-order valence-electron chi connectivity index (χ1n) is 6.96. The molecule has 0 spiro atoms. The van der Waals surface area contributed by atoms with Gasteiger partial charge in [-0.2, -0.15) is 0 Å². The van der Waals surface area contributed by atoms with Crippen molar-refractivity contribution in [2.24, 2.45) is 5.92 Å². The van der Waals surface area contributed by atoms with Gasteiger partial charge in [-0.3, -0.25) is 0 Å². The Labute approximate surface area is 108 Å². The Balaban J connectivity index is 1.82. The molecule has 0 amide bonds. The van der Waals surface area contributed by atoms with Gasteiger partial charge in [0, 0.05) is 32.0 Å². The van der Waals surface area contributed by atoms with Crippen molar-refractivity contribution in [2.75, 3.05) is 7.11 Å². The summed E-state index contributed by atoms with van der Waals surface area (Å²) in [6.45, 7) is 1.77. The van der Waals surface area contributed by atoms with Gasteiger partial charge < -0.3 is 10.1 Å². The standard InChI is InChI=1S/C14H21N3O/c1-18-13(10-5-3-2-4-6-10)14-16-8-11-7-15-9-12(11)17-14/h8,10,13,15H,2-7,9H2,1H3. The van der Waals surface area contributed by atoms with Crippen LogP contribution < -0.4 is 5.32 Å². The van der Waals surface area contributed by atoms with Gasteiger partial charge >= 0.3 is 0 Å². The zero-order valence-corrected chi connectivity index (χ0v) is 11.0. The van der Waals surface area contributed by atoms with E-state index in [0.29, 0.717) is 5.92 Å². The monoisotopic (exact) mass is 247 g/mol. The van der Waals surface area contributed by atoms with E-state index in [4.69, 9.17) is 9.72 Å². The Bertz CT molecular complexity index is 416. The van der Waals surface area contributed by atoms with E-state index in [2.05, 4.69) is 10.3 Å². The van der Waals surface area contributed by atoms with E-state index in [0.717, 1.165) is 24.6 Å². The fraction of sp³-hybridized carbons (Fsp3) is 0.714. The first-order chi connectivity index (χ1) is 8.88. The Morgan fingerprint density at radius 1 is 1.28 bits per heavy atom. The van der Waals surface area contributed by atoms with Crippen LogP contribution in [0.25, 0.3) is 0 Å². The van der Waals surface area contributed by atoms with Crippen LogP contribution in [0.3, 0.4) is 0 Å². The van der Waals surface area contributed by atoms with Crippen molar-refractivity contribution in [2.45, 2.75) is 51.3 Å². The number of methoxy groups -OCH3 is 1. The highest BCUT2D eigenvalue weighted by molar-refractivity contribution is 5.22. The second-order valence-corrected chi connectivity index (χ2v) is 5.36. The van der Waals surface area contributed by atoms with E-state index in [1.165, 1.54) is 37.7 Å². The molecule has 4 heteroatoms. The highest BCUT2D eigenvalue weighted by atomic mass is 16.5. The van der Waals surface area contributed by atoms with E-state index in [-0.39, 0.29) is 6.10 Å². The summed E-state index contributed by atoms with van der Waals surface area (Å²) in [7, 11) is 1.79. The van der Waals surface area contributed by atoms with E-state index in [1.807, 2.05) is 6.20 Å². The van der Waals surface area contributed by atoms with Gasteiger partial charge in [-0.15, -0.1) is 0 Å². The first-order valence-corrected chi connectivity index (χ1v) is 6.96. The maximum atomic E-state index is 5.69. The lowest BCUT2D eigenvalue weighted by molar-refractivity contribution is 0.0287. The lowest BCUT2D eigenvalue weighted by Crippen LogP contribution is -2.20. The zero-order valence-electron chi connectivity index (χ0n) is 11.0. The fourth-order valence-corrected chi connectivity index (χ4v) is 3.16. The molecule has 0 radical (unpaired) electrons. The van der Waals surface area contributed by atoms with Crippen molar-refractivity contribution in [3.63, 3.8) is 0 Å². The third-order valence-electron chi connectivity index (χ3n) is 4.17. The van der Waals surface area contributed by atoms with Gasteiger partial charge in [0.15, 0.2) is 5.82 Å². The largest absolute Gasteiger partial charge is 0.373 e. The summed E-state index contributed by atoms with van der Waals surface area (Å²) < 4.78 is 5.69. The molecule has 2 heterocycles. The van der Waals surface area contributed by atoms with Gasteiger partial charge in [0.1, 0.15) is 6.10 Å². The smallest absolute Gasteiger partial charge is 0.157 e.